The summed E-state index contributed by atoms with van der Waals surface area (Å²) in [6.45, 7) is 4.54. The molecule has 1 atom stereocenters. The first kappa shape index (κ1) is 12.9. The van der Waals surface area contributed by atoms with Crippen molar-refractivity contribution in [2.45, 2.75) is 19.6 Å². The molecule has 0 aromatic heterocycles. The molecule has 0 spiro atoms. The van der Waals surface area contributed by atoms with Gasteiger partial charge in [0.15, 0.2) is 0 Å². The fourth-order valence-electron chi connectivity index (χ4n) is 1.80. The highest BCUT2D eigenvalue weighted by atomic mass is 16.8. The van der Waals surface area contributed by atoms with Crippen molar-refractivity contribution in [3.63, 3.8) is 0 Å². The molecular weight excluding hydrogens is 232 g/mol. The van der Waals surface area contributed by atoms with E-state index < -0.39 is 6.16 Å². The zero-order valence-corrected chi connectivity index (χ0v) is 10.5. The number of rotatable bonds is 3. The van der Waals surface area contributed by atoms with Crippen molar-refractivity contribution in [2.24, 2.45) is 0 Å². The van der Waals surface area contributed by atoms with E-state index in [4.69, 9.17) is 9.57 Å². The Morgan fingerprint density at radius 2 is 2.22 bits per heavy atom. The Morgan fingerprint density at radius 3 is 2.94 bits per heavy atom. The van der Waals surface area contributed by atoms with Crippen LogP contribution in [0.4, 0.5) is 4.79 Å². The summed E-state index contributed by atoms with van der Waals surface area (Å²) >= 11 is 0. The number of piperazine rings is 1. The number of benzene rings is 1. The minimum Gasteiger partial charge on any atom is -0.428 e. The predicted molar refractivity (Wildman–Crippen MR) is 66.7 cm³/mol. The van der Waals surface area contributed by atoms with Gasteiger partial charge in [0.1, 0.15) is 6.61 Å². The van der Waals surface area contributed by atoms with E-state index in [1.807, 2.05) is 37.3 Å². The zero-order chi connectivity index (χ0) is 12.8. The molecule has 2 rings (SSSR count). The molecule has 0 saturated carbocycles. The van der Waals surface area contributed by atoms with Gasteiger partial charge in [0.2, 0.25) is 0 Å². The number of nitrogens with zero attached hydrogens (tertiary/aromatic N) is 1. The SMILES string of the molecule is CC1CNCCN1OC(=O)OCc1ccccc1. The molecule has 98 valence electrons. The summed E-state index contributed by atoms with van der Waals surface area (Å²) < 4.78 is 5.06. The lowest BCUT2D eigenvalue weighted by atomic mass is 10.2. The molecule has 0 aliphatic carbocycles. The Hall–Kier alpha value is -1.59. The van der Waals surface area contributed by atoms with E-state index in [1.165, 1.54) is 0 Å². The Labute approximate surface area is 107 Å². The van der Waals surface area contributed by atoms with Crippen LogP contribution in [0.2, 0.25) is 0 Å². The molecule has 1 aromatic rings. The average molecular weight is 250 g/mol. The van der Waals surface area contributed by atoms with Gasteiger partial charge in [0.05, 0.1) is 6.04 Å². The highest BCUT2D eigenvalue weighted by Gasteiger charge is 2.22. The molecule has 1 N–H and O–H groups in total. The number of hydrogen-bond acceptors (Lipinski definition) is 5. The van der Waals surface area contributed by atoms with Gasteiger partial charge in [-0.1, -0.05) is 30.3 Å². The first-order valence-corrected chi connectivity index (χ1v) is 6.11. The lowest BCUT2D eigenvalue weighted by Gasteiger charge is -2.31. The average Bonchev–Trinajstić information content (AvgIpc) is 2.40. The van der Waals surface area contributed by atoms with Crippen LogP contribution in [0.1, 0.15) is 12.5 Å². The topological polar surface area (TPSA) is 50.8 Å². The highest BCUT2D eigenvalue weighted by molar-refractivity contribution is 5.59. The lowest BCUT2D eigenvalue weighted by molar-refractivity contribution is -0.158. The van der Waals surface area contributed by atoms with Gasteiger partial charge in [0.25, 0.3) is 0 Å². The fraction of sp³-hybridized carbons (Fsp3) is 0.462. The number of ether oxygens (including phenoxy) is 1. The first-order valence-electron chi connectivity index (χ1n) is 6.11. The molecule has 5 heteroatoms. The lowest BCUT2D eigenvalue weighted by Crippen LogP contribution is -2.50. The van der Waals surface area contributed by atoms with Crippen LogP contribution in [-0.2, 0) is 16.2 Å². The summed E-state index contributed by atoms with van der Waals surface area (Å²) in [6.07, 6.45) is -0.646. The molecule has 1 aliphatic heterocycles. The van der Waals surface area contributed by atoms with Crippen LogP contribution in [0.25, 0.3) is 0 Å². The van der Waals surface area contributed by atoms with Crippen LogP contribution in [-0.4, -0.2) is 36.9 Å². The van der Waals surface area contributed by atoms with Crippen LogP contribution in [0.15, 0.2) is 30.3 Å². The Balaban J connectivity index is 1.75. The van der Waals surface area contributed by atoms with Crippen LogP contribution in [0.5, 0.6) is 0 Å². The number of hydrogen-bond donors (Lipinski definition) is 1. The van der Waals surface area contributed by atoms with Crippen LogP contribution in [0.3, 0.4) is 0 Å². The normalized spacial score (nSPS) is 20.4. The molecule has 5 nitrogen and oxygen atoms in total. The predicted octanol–water partition coefficient (Wildman–Crippen LogP) is 1.55. The molecule has 1 aliphatic rings. The maximum atomic E-state index is 11.5. The minimum atomic E-state index is -0.646. The van der Waals surface area contributed by atoms with Gasteiger partial charge >= 0.3 is 6.16 Å². The smallest absolute Gasteiger partial charge is 0.428 e. The number of nitrogens with one attached hydrogen (secondary N) is 1. The second-order valence-electron chi connectivity index (χ2n) is 4.31. The largest absolute Gasteiger partial charge is 0.528 e. The quantitative estimate of drug-likeness (QED) is 0.825. The van der Waals surface area contributed by atoms with Gasteiger partial charge in [-0.25, -0.2) is 4.79 Å². The molecule has 0 radical (unpaired) electrons. The van der Waals surface area contributed by atoms with E-state index in [1.54, 1.807) is 5.06 Å². The van der Waals surface area contributed by atoms with E-state index >= 15 is 0 Å². The summed E-state index contributed by atoms with van der Waals surface area (Å²) in [6, 6.07) is 9.71. The standard InChI is InChI=1S/C13H18N2O3/c1-11-9-14-7-8-15(11)18-13(16)17-10-12-5-3-2-4-6-12/h2-6,11,14H,7-10H2,1H3. The number of hydroxylamine groups is 2. The summed E-state index contributed by atoms with van der Waals surface area (Å²) in [5.41, 5.74) is 0.947. The molecule has 0 amide bonds. The maximum absolute atomic E-state index is 11.5. The van der Waals surface area contributed by atoms with Gasteiger partial charge in [-0.15, -0.1) is 5.06 Å². The van der Waals surface area contributed by atoms with Crippen molar-refractivity contribution < 1.29 is 14.4 Å². The van der Waals surface area contributed by atoms with E-state index in [9.17, 15) is 4.79 Å². The van der Waals surface area contributed by atoms with E-state index in [0.717, 1.165) is 18.7 Å². The molecule has 0 bridgehead atoms. The van der Waals surface area contributed by atoms with Crippen molar-refractivity contribution in [1.82, 2.24) is 10.4 Å². The molecular formula is C13H18N2O3. The molecule has 1 aromatic carbocycles. The molecule has 1 unspecified atom stereocenters. The second-order valence-corrected chi connectivity index (χ2v) is 4.31. The summed E-state index contributed by atoms with van der Waals surface area (Å²) in [4.78, 5) is 16.7. The molecule has 1 saturated heterocycles. The van der Waals surface area contributed by atoms with Crippen molar-refractivity contribution in [3.05, 3.63) is 35.9 Å². The minimum absolute atomic E-state index is 0.169. The van der Waals surface area contributed by atoms with E-state index in [0.29, 0.717) is 6.54 Å². The fourth-order valence-corrected chi connectivity index (χ4v) is 1.80. The number of carbonyl (C=O) groups excluding carboxylic acids is 1. The monoisotopic (exact) mass is 250 g/mol. The summed E-state index contributed by atoms with van der Waals surface area (Å²) in [5.74, 6) is 0. The zero-order valence-electron chi connectivity index (χ0n) is 10.5. The van der Waals surface area contributed by atoms with Crippen LogP contribution < -0.4 is 5.32 Å². The van der Waals surface area contributed by atoms with Gasteiger partial charge in [-0.05, 0) is 12.5 Å². The van der Waals surface area contributed by atoms with E-state index in [-0.39, 0.29) is 12.6 Å². The molecule has 1 heterocycles. The third-order valence-corrected chi connectivity index (χ3v) is 2.83. The molecule has 1 fully saturated rings. The van der Waals surface area contributed by atoms with Crippen LogP contribution >= 0.6 is 0 Å². The Morgan fingerprint density at radius 1 is 1.44 bits per heavy atom. The Bertz CT molecular complexity index is 383. The molecule has 18 heavy (non-hydrogen) atoms. The van der Waals surface area contributed by atoms with Gasteiger partial charge in [-0.3, -0.25) is 0 Å². The van der Waals surface area contributed by atoms with Crippen molar-refractivity contribution in [3.8, 4) is 0 Å². The first-order chi connectivity index (χ1) is 8.75. The number of carbonyl (C=O) groups is 1. The van der Waals surface area contributed by atoms with Crippen molar-refractivity contribution in [1.29, 1.82) is 0 Å². The highest BCUT2D eigenvalue weighted by Crippen LogP contribution is 2.06. The summed E-state index contributed by atoms with van der Waals surface area (Å²) in [7, 11) is 0. The third-order valence-electron chi connectivity index (χ3n) is 2.83. The Kier molecular flexibility index (Phi) is 4.55. The van der Waals surface area contributed by atoms with Crippen molar-refractivity contribution in [2.75, 3.05) is 19.6 Å². The van der Waals surface area contributed by atoms with Crippen molar-refractivity contribution >= 4 is 6.16 Å². The van der Waals surface area contributed by atoms with Gasteiger partial charge < -0.3 is 14.9 Å². The van der Waals surface area contributed by atoms with E-state index in [2.05, 4.69) is 5.32 Å². The third kappa shape index (κ3) is 3.72. The van der Waals surface area contributed by atoms with Crippen LogP contribution in [0, 0.1) is 0 Å². The van der Waals surface area contributed by atoms with Gasteiger partial charge in [0, 0.05) is 19.6 Å². The van der Waals surface area contributed by atoms with Gasteiger partial charge in [-0.2, -0.15) is 0 Å². The second kappa shape index (κ2) is 6.37. The summed E-state index contributed by atoms with van der Waals surface area (Å²) in [5, 5.41) is 4.88. The maximum Gasteiger partial charge on any atom is 0.528 e.